The van der Waals surface area contributed by atoms with Gasteiger partial charge in [-0.15, -0.1) is 0 Å². The summed E-state index contributed by atoms with van der Waals surface area (Å²) in [5.74, 6) is 0. The lowest BCUT2D eigenvalue weighted by Crippen LogP contribution is -2.46. The summed E-state index contributed by atoms with van der Waals surface area (Å²) in [6, 6.07) is 0. The highest BCUT2D eigenvalue weighted by Gasteiger charge is 2.33. The lowest BCUT2D eigenvalue weighted by molar-refractivity contribution is -0.0194. The number of hydrogen-bond acceptors (Lipinski definition) is 3. The molecule has 2 amide bonds. The van der Waals surface area contributed by atoms with Crippen LogP contribution in [0.15, 0.2) is 0 Å². The molecular formula is C9H16N2O4. The lowest BCUT2D eigenvalue weighted by atomic mass is 10.2. The molecule has 0 spiro atoms. The van der Waals surface area contributed by atoms with Gasteiger partial charge in [-0.1, -0.05) is 0 Å². The Labute approximate surface area is 88.4 Å². The van der Waals surface area contributed by atoms with Gasteiger partial charge in [-0.25, -0.2) is 19.6 Å². The zero-order chi connectivity index (χ0) is 11.6. The fraction of sp³-hybridized carbons (Fsp3) is 0.778. The minimum absolute atomic E-state index is 0.342. The molecule has 6 heteroatoms. The molecule has 0 radical (unpaired) electrons. The van der Waals surface area contributed by atoms with Crippen molar-refractivity contribution in [3.63, 3.8) is 0 Å². The SMILES string of the molecule is CC(C)(C)OC(=O)N1CCCN1C(=O)O. The van der Waals surface area contributed by atoms with E-state index in [0.29, 0.717) is 19.5 Å². The molecule has 0 unspecified atom stereocenters. The lowest BCUT2D eigenvalue weighted by Gasteiger charge is -2.28. The fourth-order valence-electron chi connectivity index (χ4n) is 1.32. The van der Waals surface area contributed by atoms with Crippen LogP contribution in [0, 0.1) is 0 Å². The van der Waals surface area contributed by atoms with Crippen LogP contribution in [0.5, 0.6) is 0 Å². The molecule has 0 saturated carbocycles. The zero-order valence-electron chi connectivity index (χ0n) is 9.19. The van der Waals surface area contributed by atoms with Gasteiger partial charge in [0.15, 0.2) is 0 Å². The summed E-state index contributed by atoms with van der Waals surface area (Å²) in [4.78, 5) is 22.3. The highest BCUT2D eigenvalue weighted by atomic mass is 16.6. The topological polar surface area (TPSA) is 70.1 Å². The maximum Gasteiger partial charge on any atom is 0.429 e. The van der Waals surface area contributed by atoms with Crippen LogP contribution in [0.4, 0.5) is 9.59 Å². The smallest absolute Gasteiger partial charge is 0.429 e. The molecule has 0 aromatic rings. The number of carbonyl (C=O) groups is 2. The van der Waals surface area contributed by atoms with E-state index < -0.39 is 17.8 Å². The molecule has 0 bridgehead atoms. The maximum atomic E-state index is 11.6. The second kappa shape index (κ2) is 3.96. The van der Waals surface area contributed by atoms with Gasteiger partial charge in [0.25, 0.3) is 0 Å². The first-order valence-electron chi connectivity index (χ1n) is 4.82. The number of carbonyl (C=O) groups excluding carboxylic acids is 1. The largest absolute Gasteiger partial charge is 0.464 e. The summed E-state index contributed by atoms with van der Waals surface area (Å²) in [6.45, 7) is 5.96. The summed E-state index contributed by atoms with van der Waals surface area (Å²) < 4.78 is 5.08. The Kier molecular flexibility index (Phi) is 3.06. The third kappa shape index (κ3) is 3.00. The van der Waals surface area contributed by atoms with E-state index in [9.17, 15) is 9.59 Å². The van der Waals surface area contributed by atoms with Gasteiger partial charge >= 0.3 is 12.2 Å². The van der Waals surface area contributed by atoms with Crippen LogP contribution in [0.2, 0.25) is 0 Å². The monoisotopic (exact) mass is 216 g/mol. The minimum atomic E-state index is -1.13. The predicted octanol–water partition coefficient (Wildman–Crippen LogP) is 1.52. The van der Waals surface area contributed by atoms with Gasteiger partial charge in [-0.3, -0.25) is 0 Å². The van der Waals surface area contributed by atoms with Crippen molar-refractivity contribution in [3.8, 4) is 0 Å². The fourth-order valence-corrected chi connectivity index (χ4v) is 1.32. The molecule has 1 N–H and O–H groups in total. The Balaban J connectivity index is 2.63. The van der Waals surface area contributed by atoms with Crippen molar-refractivity contribution in [3.05, 3.63) is 0 Å². The summed E-state index contributed by atoms with van der Waals surface area (Å²) in [5.41, 5.74) is -0.607. The van der Waals surface area contributed by atoms with E-state index in [2.05, 4.69) is 0 Å². The Morgan fingerprint density at radius 1 is 1.20 bits per heavy atom. The van der Waals surface area contributed by atoms with E-state index >= 15 is 0 Å². The summed E-state index contributed by atoms with van der Waals surface area (Å²) in [5, 5.41) is 10.9. The first-order valence-corrected chi connectivity index (χ1v) is 4.82. The van der Waals surface area contributed by atoms with E-state index in [1.807, 2.05) is 0 Å². The van der Waals surface area contributed by atoms with Crippen molar-refractivity contribution in [2.45, 2.75) is 32.8 Å². The van der Waals surface area contributed by atoms with Gasteiger partial charge in [0.2, 0.25) is 0 Å². The number of rotatable bonds is 0. The second-order valence-corrected chi connectivity index (χ2v) is 4.36. The van der Waals surface area contributed by atoms with Gasteiger partial charge in [-0.05, 0) is 27.2 Å². The third-order valence-corrected chi connectivity index (χ3v) is 1.86. The van der Waals surface area contributed by atoms with Crippen molar-refractivity contribution < 1.29 is 19.4 Å². The van der Waals surface area contributed by atoms with Crippen LogP contribution in [0.3, 0.4) is 0 Å². The third-order valence-electron chi connectivity index (χ3n) is 1.86. The van der Waals surface area contributed by atoms with E-state index in [0.717, 1.165) is 10.0 Å². The number of carboxylic acid groups (broad SMARTS) is 1. The number of amides is 2. The standard InChI is InChI=1S/C9H16N2O4/c1-9(2,3)15-8(14)11-6-4-5-10(11)7(12)13/h4-6H2,1-3H3,(H,12,13). The first-order chi connectivity index (χ1) is 6.81. The average Bonchev–Trinajstić information content (AvgIpc) is 2.47. The molecule has 0 atom stereocenters. The van der Waals surface area contributed by atoms with Crippen LogP contribution < -0.4 is 0 Å². The van der Waals surface area contributed by atoms with Crippen molar-refractivity contribution in [1.82, 2.24) is 10.0 Å². The number of nitrogens with zero attached hydrogens (tertiary/aromatic N) is 2. The number of hydrazine groups is 1. The van der Waals surface area contributed by atoms with Gasteiger partial charge < -0.3 is 9.84 Å². The Morgan fingerprint density at radius 3 is 2.20 bits per heavy atom. The number of ether oxygens (including phenoxy) is 1. The van der Waals surface area contributed by atoms with Crippen LogP contribution in [-0.2, 0) is 4.74 Å². The second-order valence-electron chi connectivity index (χ2n) is 4.36. The summed E-state index contributed by atoms with van der Waals surface area (Å²) in [7, 11) is 0. The van der Waals surface area contributed by atoms with Gasteiger partial charge in [0, 0.05) is 13.1 Å². The molecule has 6 nitrogen and oxygen atoms in total. The molecule has 1 heterocycles. The van der Waals surface area contributed by atoms with Crippen LogP contribution in [0.25, 0.3) is 0 Å². The summed E-state index contributed by atoms with van der Waals surface area (Å²) >= 11 is 0. The first kappa shape index (κ1) is 11.6. The van der Waals surface area contributed by atoms with Crippen LogP contribution >= 0.6 is 0 Å². The summed E-state index contributed by atoms with van der Waals surface area (Å²) in [6.07, 6.45) is -1.09. The maximum absolute atomic E-state index is 11.6. The molecule has 1 saturated heterocycles. The molecule has 1 aliphatic heterocycles. The Bertz CT molecular complexity index is 272. The van der Waals surface area contributed by atoms with Crippen LogP contribution in [0.1, 0.15) is 27.2 Å². The average molecular weight is 216 g/mol. The van der Waals surface area contributed by atoms with Crippen molar-refractivity contribution in [2.24, 2.45) is 0 Å². The van der Waals surface area contributed by atoms with Crippen molar-refractivity contribution >= 4 is 12.2 Å². The molecule has 1 aliphatic rings. The van der Waals surface area contributed by atoms with Gasteiger partial charge in [-0.2, -0.15) is 0 Å². The molecule has 0 aliphatic carbocycles. The van der Waals surface area contributed by atoms with E-state index in [4.69, 9.17) is 9.84 Å². The van der Waals surface area contributed by atoms with E-state index in [1.165, 1.54) is 0 Å². The Morgan fingerprint density at radius 2 is 1.73 bits per heavy atom. The molecule has 1 fully saturated rings. The predicted molar refractivity (Wildman–Crippen MR) is 52.3 cm³/mol. The molecule has 0 aromatic heterocycles. The van der Waals surface area contributed by atoms with Crippen molar-refractivity contribution in [1.29, 1.82) is 0 Å². The van der Waals surface area contributed by atoms with Gasteiger partial charge in [0.1, 0.15) is 5.60 Å². The minimum Gasteiger partial charge on any atom is -0.464 e. The van der Waals surface area contributed by atoms with E-state index in [1.54, 1.807) is 20.8 Å². The molecule has 0 aromatic carbocycles. The number of hydrogen-bond donors (Lipinski definition) is 1. The highest BCUT2D eigenvalue weighted by molar-refractivity contribution is 5.73. The molecular weight excluding hydrogens is 200 g/mol. The molecule has 86 valence electrons. The van der Waals surface area contributed by atoms with Crippen LogP contribution in [-0.4, -0.2) is 46.0 Å². The van der Waals surface area contributed by atoms with E-state index in [-0.39, 0.29) is 0 Å². The Hall–Kier alpha value is -1.46. The molecule has 1 rings (SSSR count). The van der Waals surface area contributed by atoms with Crippen molar-refractivity contribution in [2.75, 3.05) is 13.1 Å². The normalized spacial score (nSPS) is 16.7. The van der Waals surface area contributed by atoms with Gasteiger partial charge in [0.05, 0.1) is 0 Å². The highest BCUT2D eigenvalue weighted by Crippen LogP contribution is 2.16. The quantitative estimate of drug-likeness (QED) is 0.666. The zero-order valence-corrected chi connectivity index (χ0v) is 9.19. The molecule has 15 heavy (non-hydrogen) atoms.